The molecule has 17 heavy (non-hydrogen) atoms. The third kappa shape index (κ3) is 3.16. The first-order valence-corrected chi connectivity index (χ1v) is 9.59. The van der Waals surface area contributed by atoms with Crippen LogP contribution >= 0.6 is 0 Å². The van der Waals surface area contributed by atoms with E-state index in [9.17, 15) is 0 Å². The van der Waals surface area contributed by atoms with Gasteiger partial charge >= 0.3 is 0 Å². The molecule has 2 heteroatoms. The zero-order valence-electron chi connectivity index (χ0n) is 11.7. The molecule has 0 aliphatic heterocycles. The molecule has 0 atom stereocenters. The minimum atomic E-state index is -1.33. The second-order valence-corrected chi connectivity index (χ2v) is 10.8. The predicted octanol–water partition coefficient (Wildman–Crippen LogP) is 3.95. The van der Waals surface area contributed by atoms with Crippen LogP contribution in [0.4, 0.5) is 0 Å². The van der Waals surface area contributed by atoms with Crippen LogP contribution in [0, 0.1) is 0 Å². The lowest BCUT2D eigenvalue weighted by molar-refractivity contribution is 0.868. The summed E-state index contributed by atoms with van der Waals surface area (Å²) in [5.74, 6) is 0.524. The van der Waals surface area contributed by atoms with E-state index >= 15 is 0 Å². The van der Waals surface area contributed by atoms with E-state index in [0.717, 1.165) is 11.3 Å². The molecule has 0 fully saturated rings. The zero-order chi connectivity index (χ0) is 13.2. The molecule has 0 aromatic carbocycles. The van der Waals surface area contributed by atoms with Crippen molar-refractivity contribution in [2.75, 3.05) is 0 Å². The first-order valence-electron chi connectivity index (χ1n) is 6.09. The quantitative estimate of drug-likeness (QED) is 0.578. The van der Waals surface area contributed by atoms with Gasteiger partial charge in [0.25, 0.3) is 0 Å². The number of nitrogens with zero attached hydrogens (tertiary/aromatic N) is 1. The molecule has 1 aromatic rings. The summed E-state index contributed by atoms with van der Waals surface area (Å²) in [6.45, 7) is 19.3. The van der Waals surface area contributed by atoms with E-state index < -0.39 is 8.07 Å². The number of hydrogen-bond donors (Lipinski definition) is 0. The highest BCUT2D eigenvalue weighted by atomic mass is 28.3. The fraction of sp³-hybridized carbons (Fsp3) is 0.400. The van der Waals surface area contributed by atoms with Gasteiger partial charge in [0.1, 0.15) is 0 Å². The van der Waals surface area contributed by atoms with Gasteiger partial charge in [0.05, 0.1) is 13.8 Å². The Morgan fingerprint density at radius 2 is 1.94 bits per heavy atom. The fourth-order valence-electron chi connectivity index (χ4n) is 1.86. The van der Waals surface area contributed by atoms with E-state index in [1.54, 1.807) is 6.08 Å². The van der Waals surface area contributed by atoms with Crippen LogP contribution in [-0.4, -0.2) is 13.1 Å². The van der Waals surface area contributed by atoms with E-state index in [1.807, 2.05) is 6.20 Å². The topological polar surface area (TPSA) is 12.9 Å². The Kier molecular flexibility index (Phi) is 4.10. The Labute approximate surface area is 106 Å². The minimum absolute atomic E-state index is 0.524. The molecule has 1 nitrogen and oxygen atoms in total. The number of pyridine rings is 1. The molecule has 1 rings (SSSR count). The summed E-state index contributed by atoms with van der Waals surface area (Å²) in [5, 5.41) is 1.45. The van der Waals surface area contributed by atoms with Gasteiger partial charge in [-0.05, 0) is 28.3 Å². The molecular formula is C15H23NSi. The molecule has 0 aliphatic rings. The van der Waals surface area contributed by atoms with E-state index in [-0.39, 0.29) is 0 Å². The molecule has 0 radical (unpaired) electrons. The van der Waals surface area contributed by atoms with E-state index in [2.05, 4.69) is 57.7 Å². The highest BCUT2D eigenvalue weighted by Crippen LogP contribution is 2.20. The summed E-state index contributed by atoms with van der Waals surface area (Å²) in [6.07, 6.45) is 3.81. The van der Waals surface area contributed by atoms with Crippen molar-refractivity contribution in [3.8, 4) is 0 Å². The Hall–Kier alpha value is -1.15. The number of allylic oxidation sites excluding steroid dienone is 2. The van der Waals surface area contributed by atoms with Crippen molar-refractivity contribution < 1.29 is 0 Å². The number of hydrogen-bond acceptors (Lipinski definition) is 1. The molecule has 0 unspecified atom stereocenters. The maximum absolute atomic E-state index is 4.52. The van der Waals surface area contributed by atoms with Crippen LogP contribution in [-0.2, 0) is 0 Å². The van der Waals surface area contributed by atoms with Crippen LogP contribution in [0.1, 0.15) is 31.0 Å². The monoisotopic (exact) mass is 245 g/mol. The molecule has 0 bridgehead atoms. The maximum Gasteiger partial charge on any atom is 0.0799 e. The van der Waals surface area contributed by atoms with Crippen LogP contribution in [0.5, 0.6) is 0 Å². The van der Waals surface area contributed by atoms with Gasteiger partial charge in [-0.15, -0.1) is 0 Å². The van der Waals surface area contributed by atoms with Gasteiger partial charge in [-0.2, -0.15) is 0 Å². The van der Waals surface area contributed by atoms with Crippen molar-refractivity contribution in [1.29, 1.82) is 0 Å². The lowest BCUT2D eigenvalue weighted by Crippen LogP contribution is -2.41. The predicted molar refractivity (Wildman–Crippen MR) is 80.5 cm³/mol. The molecule has 92 valence electrons. The van der Waals surface area contributed by atoms with Gasteiger partial charge in [-0.25, -0.2) is 0 Å². The average Bonchev–Trinajstić information content (AvgIpc) is 2.25. The summed E-state index contributed by atoms with van der Waals surface area (Å²) >= 11 is 0. The zero-order valence-corrected chi connectivity index (χ0v) is 12.7. The highest BCUT2D eigenvalue weighted by Gasteiger charge is 2.22. The number of rotatable bonds is 4. The van der Waals surface area contributed by atoms with Crippen molar-refractivity contribution in [3.05, 3.63) is 42.8 Å². The summed E-state index contributed by atoms with van der Waals surface area (Å²) in [7, 11) is -1.33. The summed E-state index contributed by atoms with van der Waals surface area (Å²) < 4.78 is 0. The fourth-order valence-corrected chi connectivity index (χ4v) is 3.53. The van der Waals surface area contributed by atoms with E-state index in [1.165, 1.54) is 10.8 Å². The number of aromatic nitrogens is 1. The second kappa shape index (κ2) is 5.01. The van der Waals surface area contributed by atoms with Gasteiger partial charge < -0.3 is 0 Å². The molecule has 1 aromatic heterocycles. The Bertz CT molecular complexity index is 439. The first-order chi connectivity index (χ1) is 7.77. The normalized spacial score (nSPS) is 11.6. The van der Waals surface area contributed by atoms with Crippen molar-refractivity contribution in [3.63, 3.8) is 0 Å². The molecule has 0 spiro atoms. The van der Waals surface area contributed by atoms with Crippen LogP contribution in [0.3, 0.4) is 0 Å². The SMILES string of the molecule is C=CC(=C)c1cc(C(C)C)c([Si](C)(C)C)cn1. The summed E-state index contributed by atoms with van der Waals surface area (Å²) in [4.78, 5) is 4.52. The molecule has 0 aliphatic carbocycles. The lowest BCUT2D eigenvalue weighted by Gasteiger charge is -2.23. The van der Waals surface area contributed by atoms with Crippen LogP contribution < -0.4 is 5.19 Å². The Morgan fingerprint density at radius 3 is 2.35 bits per heavy atom. The largest absolute Gasteiger partial charge is 0.256 e. The molecule has 0 N–H and O–H groups in total. The third-order valence-corrected chi connectivity index (χ3v) is 4.98. The molecule has 0 saturated carbocycles. The van der Waals surface area contributed by atoms with E-state index in [4.69, 9.17) is 0 Å². The van der Waals surface area contributed by atoms with Gasteiger partial charge in [0.2, 0.25) is 0 Å². The van der Waals surface area contributed by atoms with Gasteiger partial charge in [0.15, 0.2) is 0 Å². The van der Waals surface area contributed by atoms with Crippen LogP contribution in [0.25, 0.3) is 5.57 Å². The second-order valence-electron chi connectivity index (χ2n) is 5.79. The van der Waals surface area contributed by atoms with Crippen molar-refractivity contribution in [1.82, 2.24) is 4.98 Å². The summed E-state index contributed by atoms with van der Waals surface area (Å²) in [6, 6.07) is 2.18. The Balaban J connectivity index is 3.37. The van der Waals surface area contributed by atoms with Gasteiger partial charge in [-0.3, -0.25) is 4.98 Å². The smallest absolute Gasteiger partial charge is 0.0799 e. The highest BCUT2D eigenvalue weighted by molar-refractivity contribution is 6.89. The molecule has 0 saturated heterocycles. The van der Waals surface area contributed by atoms with Crippen molar-refractivity contribution in [2.45, 2.75) is 39.4 Å². The standard InChI is InChI=1S/C15H23NSi/c1-8-12(4)14-9-13(11(2)3)15(10-16-14)17(5,6)7/h8-11H,1,4H2,2-3,5-7H3. The average molecular weight is 245 g/mol. The minimum Gasteiger partial charge on any atom is -0.256 e. The van der Waals surface area contributed by atoms with Crippen LogP contribution in [0.15, 0.2) is 31.5 Å². The van der Waals surface area contributed by atoms with Crippen molar-refractivity contribution in [2.24, 2.45) is 0 Å². The molecule has 0 amide bonds. The first kappa shape index (κ1) is 13.9. The lowest BCUT2D eigenvalue weighted by atomic mass is 10.0. The van der Waals surface area contributed by atoms with E-state index in [0.29, 0.717) is 5.92 Å². The van der Waals surface area contributed by atoms with Crippen LogP contribution in [0.2, 0.25) is 19.6 Å². The Morgan fingerprint density at radius 1 is 1.35 bits per heavy atom. The molecular weight excluding hydrogens is 222 g/mol. The van der Waals surface area contributed by atoms with Gasteiger partial charge in [0, 0.05) is 6.20 Å². The third-order valence-electron chi connectivity index (χ3n) is 2.94. The van der Waals surface area contributed by atoms with Gasteiger partial charge in [-0.1, -0.05) is 52.7 Å². The summed E-state index contributed by atoms with van der Waals surface area (Å²) in [5.41, 5.74) is 3.26. The maximum atomic E-state index is 4.52. The molecule has 1 heterocycles. The van der Waals surface area contributed by atoms with Crippen molar-refractivity contribution >= 4 is 18.8 Å².